The second-order valence-electron chi connectivity index (χ2n) is 6.51. The van der Waals surface area contributed by atoms with Crippen molar-refractivity contribution in [2.75, 3.05) is 18.4 Å². The zero-order chi connectivity index (χ0) is 17.8. The summed E-state index contributed by atoms with van der Waals surface area (Å²) in [7, 11) is 0. The van der Waals surface area contributed by atoms with E-state index in [-0.39, 0.29) is 5.56 Å². The maximum absolute atomic E-state index is 12.2. The van der Waals surface area contributed by atoms with Gasteiger partial charge in [0.1, 0.15) is 11.5 Å². The highest BCUT2D eigenvalue weighted by Gasteiger charge is 2.12. The van der Waals surface area contributed by atoms with Crippen LogP contribution in [0.2, 0.25) is 0 Å². The average molecular weight is 351 g/mol. The third kappa shape index (κ3) is 4.00. The Morgan fingerprint density at radius 2 is 1.92 bits per heavy atom. The number of likely N-dealkylation sites (tertiary alicyclic amines) is 1. The SMILES string of the molecule is O=c1[nH]c(Nc2ccc(CN3CCCC3)cc2)nnc1Cc1ccco1. The number of aromatic nitrogens is 3. The minimum absolute atomic E-state index is 0.274. The lowest BCUT2D eigenvalue weighted by Crippen LogP contribution is -2.19. The molecule has 1 aliphatic heterocycles. The molecule has 26 heavy (non-hydrogen) atoms. The van der Waals surface area contributed by atoms with E-state index < -0.39 is 0 Å². The summed E-state index contributed by atoms with van der Waals surface area (Å²) in [6.45, 7) is 3.35. The van der Waals surface area contributed by atoms with Crippen molar-refractivity contribution >= 4 is 11.6 Å². The van der Waals surface area contributed by atoms with Gasteiger partial charge in [-0.1, -0.05) is 12.1 Å². The molecule has 1 aromatic carbocycles. The summed E-state index contributed by atoms with van der Waals surface area (Å²) in [5, 5.41) is 11.2. The van der Waals surface area contributed by atoms with Crippen molar-refractivity contribution in [3.63, 3.8) is 0 Å². The van der Waals surface area contributed by atoms with Gasteiger partial charge < -0.3 is 9.73 Å². The molecule has 0 amide bonds. The number of anilines is 2. The first-order chi connectivity index (χ1) is 12.8. The number of hydrogen-bond donors (Lipinski definition) is 2. The minimum atomic E-state index is -0.274. The smallest absolute Gasteiger partial charge is 0.274 e. The van der Waals surface area contributed by atoms with Crippen molar-refractivity contribution < 1.29 is 4.42 Å². The Balaban J connectivity index is 1.40. The van der Waals surface area contributed by atoms with E-state index in [9.17, 15) is 4.79 Å². The van der Waals surface area contributed by atoms with E-state index in [0.717, 1.165) is 12.2 Å². The second-order valence-corrected chi connectivity index (χ2v) is 6.51. The van der Waals surface area contributed by atoms with Crippen LogP contribution in [-0.4, -0.2) is 33.2 Å². The van der Waals surface area contributed by atoms with Gasteiger partial charge in [-0.15, -0.1) is 10.2 Å². The molecule has 0 radical (unpaired) electrons. The Bertz CT molecular complexity index is 896. The van der Waals surface area contributed by atoms with Crippen LogP contribution in [0.15, 0.2) is 51.9 Å². The van der Waals surface area contributed by atoms with Gasteiger partial charge in [-0.3, -0.25) is 14.7 Å². The van der Waals surface area contributed by atoms with Crippen molar-refractivity contribution in [2.24, 2.45) is 0 Å². The van der Waals surface area contributed by atoms with Crippen LogP contribution in [0.4, 0.5) is 11.6 Å². The normalized spacial score (nSPS) is 14.6. The topological polar surface area (TPSA) is 87.0 Å². The molecule has 0 spiro atoms. The molecule has 3 heterocycles. The lowest BCUT2D eigenvalue weighted by Gasteiger charge is -2.14. The van der Waals surface area contributed by atoms with Crippen LogP contribution in [0.5, 0.6) is 0 Å². The number of rotatable bonds is 6. The Hall–Kier alpha value is -2.93. The van der Waals surface area contributed by atoms with Crippen LogP contribution >= 0.6 is 0 Å². The van der Waals surface area contributed by atoms with E-state index in [1.54, 1.807) is 18.4 Å². The fraction of sp³-hybridized carbons (Fsp3) is 0.316. The van der Waals surface area contributed by atoms with Crippen LogP contribution in [0, 0.1) is 0 Å². The fourth-order valence-corrected chi connectivity index (χ4v) is 3.14. The van der Waals surface area contributed by atoms with Crippen molar-refractivity contribution in [3.05, 3.63) is 70.0 Å². The van der Waals surface area contributed by atoms with Crippen LogP contribution < -0.4 is 10.9 Å². The Morgan fingerprint density at radius 1 is 1.12 bits per heavy atom. The predicted octanol–water partition coefficient (Wildman–Crippen LogP) is 2.69. The van der Waals surface area contributed by atoms with E-state index in [2.05, 4.69) is 37.5 Å². The molecule has 134 valence electrons. The van der Waals surface area contributed by atoms with Crippen LogP contribution in [-0.2, 0) is 13.0 Å². The van der Waals surface area contributed by atoms with Crippen LogP contribution in [0.1, 0.15) is 29.9 Å². The third-order valence-corrected chi connectivity index (χ3v) is 4.51. The van der Waals surface area contributed by atoms with Gasteiger partial charge in [0.2, 0.25) is 5.95 Å². The molecule has 0 aliphatic carbocycles. The molecule has 4 rings (SSSR count). The molecule has 7 heteroatoms. The molecule has 1 saturated heterocycles. The van der Waals surface area contributed by atoms with Gasteiger partial charge in [0, 0.05) is 12.2 Å². The zero-order valence-corrected chi connectivity index (χ0v) is 14.4. The molecule has 0 saturated carbocycles. The number of aromatic amines is 1. The number of furan rings is 1. The summed E-state index contributed by atoms with van der Waals surface area (Å²) < 4.78 is 5.24. The van der Waals surface area contributed by atoms with E-state index in [0.29, 0.717) is 23.8 Å². The number of benzene rings is 1. The third-order valence-electron chi connectivity index (χ3n) is 4.51. The van der Waals surface area contributed by atoms with Gasteiger partial charge in [0.25, 0.3) is 5.56 Å². The summed E-state index contributed by atoms with van der Waals surface area (Å²) in [5.74, 6) is 1.00. The van der Waals surface area contributed by atoms with Crippen molar-refractivity contribution in [3.8, 4) is 0 Å². The van der Waals surface area contributed by atoms with Gasteiger partial charge in [-0.05, 0) is 55.8 Å². The summed E-state index contributed by atoms with van der Waals surface area (Å²) in [6.07, 6.45) is 4.48. The zero-order valence-electron chi connectivity index (χ0n) is 14.4. The predicted molar refractivity (Wildman–Crippen MR) is 98.4 cm³/mol. The summed E-state index contributed by atoms with van der Waals surface area (Å²) in [5.41, 5.74) is 2.20. The average Bonchev–Trinajstić information content (AvgIpc) is 3.33. The molecular weight excluding hydrogens is 330 g/mol. The molecule has 1 fully saturated rings. The van der Waals surface area contributed by atoms with Gasteiger partial charge in [0.05, 0.1) is 12.7 Å². The maximum atomic E-state index is 12.2. The summed E-state index contributed by atoms with van der Waals surface area (Å²) in [6, 6.07) is 11.7. The molecule has 0 unspecified atom stereocenters. The van der Waals surface area contributed by atoms with Crippen molar-refractivity contribution in [1.82, 2.24) is 20.1 Å². The highest BCUT2D eigenvalue weighted by molar-refractivity contribution is 5.53. The summed E-state index contributed by atoms with van der Waals surface area (Å²) >= 11 is 0. The van der Waals surface area contributed by atoms with Crippen molar-refractivity contribution in [2.45, 2.75) is 25.8 Å². The molecular formula is C19H21N5O2. The number of nitrogens with one attached hydrogen (secondary N) is 2. The largest absolute Gasteiger partial charge is 0.469 e. The maximum Gasteiger partial charge on any atom is 0.274 e. The highest BCUT2D eigenvalue weighted by Crippen LogP contribution is 2.16. The molecule has 1 aliphatic rings. The number of hydrogen-bond acceptors (Lipinski definition) is 6. The first kappa shape index (κ1) is 16.5. The minimum Gasteiger partial charge on any atom is -0.469 e. The van der Waals surface area contributed by atoms with Gasteiger partial charge in [-0.2, -0.15) is 0 Å². The first-order valence-electron chi connectivity index (χ1n) is 8.83. The van der Waals surface area contributed by atoms with Gasteiger partial charge in [-0.25, -0.2) is 0 Å². The Morgan fingerprint density at radius 3 is 2.62 bits per heavy atom. The quantitative estimate of drug-likeness (QED) is 0.710. The second kappa shape index (κ2) is 7.53. The highest BCUT2D eigenvalue weighted by atomic mass is 16.3. The molecule has 0 atom stereocenters. The Kier molecular flexibility index (Phi) is 4.79. The molecule has 3 aromatic rings. The van der Waals surface area contributed by atoms with Crippen molar-refractivity contribution in [1.29, 1.82) is 0 Å². The number of H-pyrrole nitrogens is 1. The molecule has 7 nitrogen and oxygen atoms in total. The van der Waals surface area contributed by atoms with Gasteiger partial charge in [0.15, 0.2) is 0 Å². The molecule has 2 aromatic heterocycles. The Labute approximate surface area is 151 Å². The van der Waals surface area contributed by atoms with Crippen LogP contribution in [0.25, 0.3) is 0 Å². The lowest BCUT2D eigenvalue weighted by molar-refractivity contribution is 0.331. The van der Waals surface area contributed by atoms with Crippen LogP contribution in [0.3, 0.4) is 0 Å². The molecule has 0 bridgehead atoms. The van der Waals surface area contributed by atoms with Gasteiger partial charge >= 0.3 is 0 Å². The molecule has 2 N–H and O–H groups in total. The monoisotopic (exact) mass is 351 g/mol. The first-order valence-corrected chi connectivity index (χ1v) is 8.83. The van der Waals surface area contributed by atoms with E-state index >= 15 is 0 Å². The summed E-state index contributed by atoms with van der Waals surface area (Å²) in [4.78, 5) is 17.3. The van der Waals surface area contributed by atoms with E-state index in [4.69, 9.17) is 4.42 Å². The standard InChI is InChI=1S/C19H21N5O2/c25-18-17(12-16-4-3-11-26-16)22-23-19(21-18)20-15-7-5-14(6-8-15)13-24-9-1-2-10-24/h3-8,11H,1-2,9-10,12-13H2,(H2,20,21,23,25). The lowest BCUT2D eigenvalue weighted by atomic mass is 10.2. The number of nitrogens with zero attached hydrogens (tertiary/aromatic N) is 3. The fourth-order valence-electron chi connectivity index (χ4n) is 3.14. The van der Waals surface area contributed by atoms with E-state index in [1.165, 1.54) is 31.5 Å². The van der Waals surface area contributed by atoms with E-state index in [1.807, 2.05) is 12.1 Å².